The fourth-order valence-electron chi connectivity index (χ4n) is 1.56. The second-order valence-electron chi connectivity index (χ2n) is 3.90. The Morgan fingerprint density at radius 3 is 2.50 bits per heavy atom. The molecule has 0 radical (unpaired) electrons. The first kappa shape index (κ1) is 12.3. The molecule has 0 saturated heterocycles. The van der Waals surface area contributed by atoms with Crippen LogP contribution in [0.2, 0.25) is 0 Å². The van der Waals surface area contributed by atoms with Gasteiger partial charge in [-0.2, -0.15) is 13.2 Å². The molecule has 1 N–H and O–H groups in total. The molecule has 0 bridgehead atoms. The smallest absolute Gasteiger partial charge is 0.322 e. The third-order valence-corrected chi connectivity index (χ3v) is 2.36. The van der Waals surface area contributed by atoms with E-state index >= 15 is 0 Å². The molecule has 2 heterocycles. The number of pyridine rings is 2. The Morgan fingerprint density at radius 2 is 1.89 bits per heavy atom. The van der Waals surface area contributed by atoms with Crippen LogP contribution in [0.3, 0.4) is 0 Å². The lowest BCUT2D eigenvalue weighted by molar-refractivity contribution is -0.137. The minimum Gasteiger partial charge on any atom is -0.322 e. The summed E-state index contributed by atoms with van der Waals surface area (Å²) in [4.78, 5) is 17.5. The highest BCUT2D eigenvalue weighted by Gasteiger charge is 2.31. The molecule has 0 atom stereocenters. The van der Waals surface area contributed by atoms with E-state index in [4.69, 9.17) is 0 Å². The summed E-state index contributed by atoms with van der Waals surface area (Å²) >= 11 is 0. The quantitative estimate of drug-likeness (QED) is 0.850. The summed E-state index contributed by atoms with van der Waals surface area (Å²) in [6.07, 6.45) is -1.56. The molecule has 0 unspecified atom stereocenters. The van der Waals surface area contributed by atoms with Crippen molar-refractivity contribution in [3.8, 4) is 11.3 Å². The van der Waals surface area contributed by atoms with E-state index in [9.17, 15) is 18.0 Å². The van der Waals surface area contributed by atoms with Gasteiger partial charge >= 0.3 is 6.18 Å². The van der Waals surface area contributed by atoms with E-state index in [1.165, 1.54) is 6.20 Å². The number of hydrogen-bond acceptors (Lipinski definition) is 2. The Bertz CT molecular complexity index is 632. The predicted octanol–water partition coefficient (Wildman–Crippen LogP) is 2.76. The van der Waals surface area contributed by atoms with Crippen molar-refractivity contribution in [2.75, 3.05) is 0 Å². The molecule has 2 aromatic rings. The van der Waals surface area contributed by atoms with Crippen molar-refractivity contribution in [2.45, 2.75) is 13.1 Å². The van der Waals surface area contributed by atoms with Gasteiger partial charge in [0, 0.05) is 24.0 Å². The lowest BCUT2D eigenvalue weighted by atomic mass is 10.1. The third-order valence-electron chi connectivity index (χ3n) is 2.36. The Morgan fingerprint density at radius 1 is 1.17 bits per heavy atom. The molecule has 3 nitrogen and oxygen atoms in total. The lowest BCUT2D eigenvalue weighted by Gasteiger charge is -2.08. The summed E-state index contributed by atoms with van der Waals surface area (Å²) in [7, 11) is 0. The second-order valence-corrected chi connectivity index (χ2v) is 3.90. The Hall–Kier alpha value is -2.11. The van der Waals surface area contributed by atoms with Crippen molar-refractivity contribution >= 4 is 0 Å². The molecule has 94 valence electrons. The molecule has 0 amide bonds. The number of aromatic amines is 1. The van der Waals surface area contributed by atoms with E-state index < -0.39 is 17.3 Å². The van der Waals surface area contributed by atoms with Crippen LogP contribution in [0, 0.1) is 6.92 Å². The third kappa shape index (κ3) is 2.58. The lowest BCUT2D eigenvalue weighted by Crippen LogP contribution is -2.13. The first-order chi connectivity index (χ1) is 8.36. The molecule has 0 aliphatic rings. The zero-order valence-corrected chi connectivity index (χ0v) is 9.38. The van der Waals surface area contributed by atoms with E-state index in [0.717, 1.165) is 11.6 Å². The normalized spacial score (nSPS) is 11.6. The van der Waals surface area contributed by atoms with Gasteiger partial charge in [0.25, 0.3) is 0 Å². The highest BCUT2D eigenvalue weighted by atomic mass is 19.4. The first-order valence-corrected chi connectivity index (χ1v) is 5.10. The first-order valence-electron chi connectivity index (χ1n) is 5.10. The number of alkyl halides is 3. The Balaban J connectivity index is 2.59. The average molecular weight is 254 g/mol. The van der Waals surface area contributed by atoms with Crippen LogP contribution in [0.1, 0.15) is 11.1 Å². The van der Waals surface area contributed by atoms with E-state index in [0.29, 0.717) is 11.6 Å². The van der Waals surface area contributed by atoms with Gasteiger partial charge in [0.15, 0.2) is 0 Å². The summed E-state index contributed by atoms with van der Waals surface area (Å²) in [5, 5.41) is 0. The fraction of sp³-hybridized carbons (Fsp3) is 0.167. The highest BCUT2D eigenvalue weighted by molar-refractivity contribution is 5.59. The summed E-state index contributed by atoms with van der Waals surface area (Å²) < 4.78 is 37.7. The standard InChI is InChI=1S/C12H9F3N2O/c1-7-2-8(6-16-5-7)10-3-9(12(13,14)15)4-11(18)17-10/h2-6H,1H3,(H,17,18). The van der Waals surface area contributed by atoms with Gasteiger partial charge in [-0.25, -0.2) is 0 Å². The maximum absolute atomic E-state index is 12.6. The number of rotatable bonds is 1. The van der Waals surface area contributed by atoms with Crippen molar-refractivity contribution < 1.29 is 13.2 Å². The summed E-state index contributed by atoms with van der Waals surface area (Å²) in [5.74, 6) is 0. The van der Waals surface area contributed by atoms with E-state index in [1.807, 2.05) is 0 Å². The molecular weight excluding hydrogens is 245 g/mol. The van der Waals surface area contributed by atoms with Crippen LogP contribution in [-0.4, -0.2) is 9.97 Å². The van der Waals surface area contributed by atoms with E-state index in [1.54, 1.807) is 19.2 Å². The van der Waals surface area contributed by atoms with Crippen molar-refractivity contribution in [3.63, 3.8) is 0 Å². The van der Waals surface area contributed by atoms with Crippen molar-refractivity contribution in [1.82, 2.24) is 9.97 Å². The van der Waals surface area contributed by atoms with Crippen molar-refractivity contribution in [3.05, 3.63) is 52.1 Å². The minimum atomic E-state index is -4.54. The van der Waals surface area contributed by atoms with Gasteiger partial charge < -0.3 is 4.98 Å². The monoisotopic (exact) mass is 254 g/mol. The fourth-order valence-corrected chi connectivity index (χ4v) is 1.56. The zero-order chi connectivity index (χ0) is 13.3. The van der Waals surface area contributed by atoms with Crippen LogP contribution in [0.15, 0.2) is 35.4 Å². The molecule has 0 spiro atoms. The maximum Gasteiger partial charge on any atom is 0.416 e. The number of hydrogen-bond donors (Lipinski definition) is 1. The molecule has 0 aliphatic carbocycles. The molecule has 18 heavy (non-hydrogen) atoms. The Kier molecular flexibility index (Phi) is 2.94. The van der Waals surface area contributed by atoms with Gasteiger partial charge in [-0.3, -0.25) is 9.78 Å². The van der Waals surface area contributed by atoms with Gasteiger partial charge in [-0.15, -0.1) is 0 Å². The molecule has 0 aromatic carbocycles. The number of halogens is 3. The number of H-pyrrole nitrogens is 1. The van der Waals surface area contributed by atoms with Crippen molar-refractivity contribution in [2.24, 2.45) is 0 Å². The van der Waals surface area contributed by atoms with E-state index in [2.05, 4.69) is 9.97 Å². The average Bonchev–Trinajstić information content (AvgIpc) is 2.27. The molecule has 6 heteroatoms. The van der Waals surface area contributed by atoms with Crippen LogP contribution in [0.4, 0.5) is 13.2 Å². The molecule has 0 aliphatic heterocycles. The van der Waals surface area contributed by atoms with Crippen LogP contribution in [0.5, 0.6) is 0 Å². The van der Waals surface area contributed by atoms with Crippen molar-refractivity contribution in [1.29, 1.82) is 0 Å². The van der Waals surface area contributed by atoms with Crippen LogP contribution in [-0.2, 0) is 6.18 Å². The number of aromatic nitrogens is 2. The molecule has 0 fully saturated rings. The number of nitrogens with zero attached hydrogens (tertiary/aromatic N) is 1. The molecule has 2 aromatic heterocycles. The SMILES string of the molecule is Cc1cncc(-c2cc(C(F)(F)F)cc(=O)[nH]2)c1. The second kappa shape index (κ2) is 4.29. The Labute approximate surface area is 100 Å². The topological polar surface area (TPSA) is 45.8 Å². The van der Waals surface area contributed by atoms with Crippen LogP contribution >= 0.6 is 0 Å². The summed E-state index contributed by atoms with van der Waals surface area (Å²) in [5.41, 5.74) is -0.418. The molecular formula is C12H9F3N2O. The van der Waals surface area contributed by atoms with Gasteiger partial charge in [0.2, 0.25) is 5.56 Å². The van der Waals surface area contributed by atoms with Crippen LogP contribution in [0.25, 0.3) is 11.3 Å². The van der Waals surface area contributed by atoms with Gasteiger partial charge in [0.1, 0.15) is 0 Å². The number of aryl methyl sites for hydroxylation is 1. The van der Waals surface area contributed by atoms with Crippen LogP contribution < -0.4 is 5.56 Å². The largest absolute Gasteiger partial charge is 0.416 e. The van der Waals surface area contributed by atoms with Gasteiger partial charge in [-0.1, -0.05) is 0 Å². The summed E-state index contributed by atoms with van der Waals surface area (Å²) in [6, 6.07) is 3.09. The van der Waals surface area contributed by atoms with Gasteiger partial charge in [0.05, 0.1) is 11.3 Å². The highest BCUT2D eigenvalue weighted by Crippen LogP contribution is 2.30. The number of nitrogens with one attached hydrogen (secondary N) is 1. The maximum atomic E-state index is 12.6. The van der Waals surface area contributed by atoms with Gasteiger partial charge in [-0.05, 0) is 24.6 Å². The molecule has 2 rings (SSSR count). The minimum absolute atomic E-state index is 0.103. The predicted molar refractivity (Wildman–Crippen MR) is 60.0 cm³/mol. The zero-order valence-electron chi connectivity index (χ0n) is 9.38. The van der Waals surface area contributed by atoms with E-state index in [-0.39, 0.29) is 5.69 Å². The summed E-state index contributed by atoms with van der Waals surface area (Å²) in [6.45, 7) is 1.77. The molecule has 0 saturated carbocycles.